The average Bonchev–Trinajstić information content (AvgIpc) is 2.51. The molecule has 25 heavy (non-hydrogen) atoms. The van der Waals surface area contributed by atoms with Gasteiger partial charge in [0.1, 0.15) is 12.4 Å². The maximum atomic E-state index is 13.6. The number of hydrogen-bond donors (Lipinski definition) is 2. The lowest BCUT2D eigenvalue weighted by Gasteiger charge is -2.21. The number of carbonyl (C=O) groups excluding carboxylic acids is 1. The summed E-state index contributed by atoms with van der Waals surface area (Å²) in [4.78, 5) is 16.2. The van der Waals surface area contributed by atoms with Crippen molar-refractivity contribution >= 4 is 11.9 Å². The number of aryl methyl sites for hydroxylation is 1. The molecule has 0 saturated carbocycles. The number of hydrogen-bond acceptors (Lipinski definition) is 2. The first-order valence-corrected chi connectivity index (χ1v) is 7.57. The van der Waals surface area contributed by atoms with Crippen LogP contribution >= 0.6 is 0 Å². The summed E-state index contributed by atoms with van der Waals surface area (Å²) in [6.45, 7) is 1.76. The molecule has 1 amide bonds. The Kier molecular flexibility index (Phi) is 7.20. The number of carbonyl (C=O) groups is 1. The van der Waals surface area contributed by atoms with Crippen molar-refractivity contribution in [2.24, 2.45) is 4.99 Å². The SMILES string of the molecule is CN=C(NCC(=O)N(C)CC(F)(F)F)NC(C)c1ccc(C)c(F)c1. The minimum atomic E-state index is -4.45. The van der Waals surface area contributed by atoms with Gasteiger partial charge in [0.05, 0.1) is 12.6 Å². The highest BCUT2D eigenvalue weighted by Gasteiger charge is 2.31. The Labute approximate surface area is 144 Å². The number of nitrogens with one attached hydrogen (secondary N) is 2. The molecule has 0 heterocycles. The molecule has 9 heteroatoms. The van der Waals surface area contributed by atoms with E-state index in [9.17, 15) is 22.4 Å². The Bertz CT molecular complexity index is 631. The lowest BCUT2D eigenvalue weighted by molar-refractivity contribution is -0.157. The monoisotopic (exact) mass is 362 g/mol. The van der Waals surface area contributed by atoms with Crippen molar-refractivity contribution < 1.29 is 22.4 Å². The topological polar surface area (TPSA) is 56.7 Å². The van der Waals surface area contributed by atoms with Crippen LogP contribution in [0.1, 0.15) is 24.1 Å². The normalized spacial score (nSPS) is 13.4. The van der Waals surface area contributed by atoms with Crippen LogP contribution in [0.25, 0.3) is 0 Å². The van der Waals surface area contributed by atoms with Crippen LogP contribution in [-0.4, -0.2) is 50.1 Å². The van der Waals surface area contributed by atoms with Gasteiger partial charge in [-0.3, -0.25) is 9.79 Å². The van der Waals surface area contributed by atoms with E-state index in [4.69, 9.17) is 0 Å². The number of halogens is 4. The van der Waals surface area contributed by atoms with Crippen LogP contribution in [0.2, 0.25) is 0 Å². The molecule has 0 bridgehead atoms. The number of guanidine groups is 1. The average molecular weight is 362 g/mol. The van der Waals surface area contributed by atoms with Gasteiger partial charge in [0.2, 0.25) is 5.91 Å². The van der Waals surface area contributed by atoms with Crippen molar-refractivity contribution in [3.8, 4) is 0 Å². The van der Waals surface area contributed by atoms with E-state index in [1.165, 1.54) is 13.1 Å². The number of rotatable bonds is 5. The Morgan fingerprint density at radius 3 is 2.52 bits per heavy atom. The van der Waals surface area contributed by atoms with Crippen LogP contribution in [0.4, 0.5) is 17.6 Å². The zero-order valence-electron chi connectivity index (χ0n) is 14.5. The maximum Gasteiger partial charge on any atom is 0.406 e. The number of amides is 1. The van der Waals surface area contributed by atoms with E-state index in [1.807, 2.05) is 0 Å². The second kappa shape index (κ2) is 8.68. The molecule has 0 aromatic heterocycles. The van der Waals surface area contributed by atoms with Gasteiger partial charge in [-0.15, -0.1) is 0 Å². The van der Waals surface area contributed by atoms with Crippen LogP contribution < -0.4 is 10.6 Å². The minimum Gasteiger partial charge on any atom is -0.350 e. The molecule has 1 aromatic carbocycles. The molecule has 0 radical (unpaired) electrons. The highest BCUT2D eigenvalue weighted by molar-refractivity contribution is 5.86. The lowest BCUT2D eigenvalue weighted by Crippen LogP contribution is -2.46. The van der Waals surface area contributed by atoms with Crippen LogP contribution in [0, 0.1) is 12.7 Å². The fraction of sp³-hybridized carbons (Fsp3) is 0.500. The van der Waals surface area contributed by atoms with Crippen molar-refractivity contribution in [2.45, 2.75) is 26.1 Å². The summed E-state index contributed by atoms with van der Waals surface area (Å²) in [6.07, 6.45) is -4.45. The molecular weight excluding hydrogens is 340 g/mol. The van der Waals surface area contributed by atoms with Gasteiger partial charge in [0, 0.05) is 14.1 Å². The fourth-order valence-corrected chi connectivity index (χ4v) is 2.01. The van der Waals surface area contributed by atoms with Crippen molar-refractivity contribution in [1.29, 1.82) is 0 Å². The molecule has 1 unspecified atom stereocenters. The molecule has 1 aromatic rings. The molecule has 2 N–H and O–H groups in total. The van der Waals surface area contributed by atoms with Crippen molar-refractivity contribution in [3.05, 3.63) is 35.1 Å². The summed E-state index contributed by atoms with van der Waals surface area (Å²) >= 11 is 0. The zero-order valence-corrected chi connectivity index (χ0v) is 14.5. The van der Waals surface area contributed by atoms with E-state index >= 15 is 0 Å². The van der Waals surface area contributed by atoms with E-state index in [0.717, 1.165) is 7.05 Å². The molecular formula is C16H22F4N4O. The Balaban J connectivity index is 2.59. The van der Waals surface area contributed by atoms with Crippen LogP contribution in [-0.2, 0) is 4.79 Å². The first-order valence-electron chi connectivity index (χ1n) is 7.57. The van der Waals surface area contributed by atoms with Gasteiger partial charge in [-0.05, 0) is 31.0 Å². The third-order valence-electron chi connectivity index (χ3n) is 3.52. The standard InChI is InChI=1S/C16H22F4N4O/c1-10-5-6-12(7-13(10)17)11(2)23-15(21-3)22-8-14(25)24(4)9-16(18,19)20/h5-7,11H,8-9H2,1-4H3,(H2,21,22,23). The predicted molar refractivity (Wildman–Crippen MR) is 87.7 cm³/mol. The summed E-state index contributed by atoms with van der Waals surface area (Å²) in [6, 6.07) is 4.48. The van der Waals surface area contributed by atoms with E-state index in [0.29, 0.717) is 16.0 Å². The van der Waals surface area contributed by atoms with Gasteiger partial charge in [0.15, 0.2) is 5.96 Å². The highest BCUT2D eigenvalue weighted by atomic mass is 19.4. The van der Waals surface area contributed by atoms with E-state index < -0.39 is 18.6 Å². The van der Waals surface area contributed by atoms with E-state index in [2.05, 4.69) is 15.6 Å². The number of likely N-dealkylation sites (N-methyl/N-ethyl adjacent to an activating group) is 1. The number of alkyl halides is 3. The summed E-state index contributed by atoms with van der Waals surface area (Å²) in [7, 11) is 2.53. The largest absolute Gasteiger partial charge is 0.406 e. The van der Waals surface area contributed by atoms with Crippen LogP contribution in [0.5, 0.6) is 0 Å². The van der Waals surface area contributed by atoms with Crippen molar-refractivity contribution in [1.82, 2.24) is 15.5 Å². The summed E-state index contributed by atoms with van der Waals surface area (Å²) < 4.78 is 50.4. The number of benzene rings is 1. The van der Waals surface area contributed by atoms with Gasteiger partial charge < -0.3 is 15.5 Å². The molecule has 0 aliphatic carbocycles. The molecule has 0 aliphatic heterocycles. The van der Waals surface area contributed by atoms with Gasteiger partial charge in [-0.2, -0.15) is 13.2 Å². The summed E-state index contributed by atoms with van der Waals surface area (Å²) in [5.41, 5.74) is 1.20. The maximum absolute atomic E-state index is 13.6. The quantitative estimate of drug-likeness (QED) is 0.480. The van der Waals surface area contributed by atoms with Gasteiger partial charge in [-0.1, -0.05) is 12.1 Å². The number of aliphatic imine (C=N–C) groups is 1. The summed E-state index contributed by atoms with van der Waals surface area (Å²) in [5, 5.41) is 5.60. The van der Waals surface area contributed by atoms with Gasteiger partial charge >= 0.3 is 6.18 Å². The third kappa shape index (κ3) is 6.98. The van der Waals surface area contributed by atoms with E-state index in [1.54, 1.807) is 26.0 Å². The van der Waals surface area contributed by atoms with Gasteiger partial charge in [0.25, 0.3) is 0 Å². The molecule has 0 saturated heterocycles. The molecule has 140 valence electrons. The van der Waals surface area contributed by atoms with Crippen molar-refractivity contribution in [2.75, 3.05) is 27.2 Å². The highest BCUT2D eigenvalue weighted by Crippen LogP contribution is 2.16. The summed E-state index contributed by atoms with van der Waals surface area (Å²) in [5.74, 6) is -0.838. The van der Waals surface area contributed by atoms with Crippen molar-refractivity contribution in [3.63, 3.8) is 0 Å². The molecule has 5 nitrogen and oxygen atoms in total. The minimum absolute atomic E-state index is 0.224. The van der Waals surface area contributed by atoms with Gasteiger partial charge in [-0.25, -0.2) is 4.39 Å². The molecule has 0 fully saturated rings. The molecule has 0 spiro atoms. The van der Waals surface area contributed by atoms with E-state index in [-0.39, 0.29) is 24.4 Å². The first-order chi connectivity index (χ1) is 11.5. The Hall–Kier alpha value is -2.32. The second-order valence-corrected chi connectivity index (χ2v) is 5.67. The fourth-order valence-electron chi connectivity index (χ4n) is 2.01. The van der Waals surface area contributed by atoms with Crippen LogP contribution in [0.15, 0.2) is 23.2 Å². The second-order valence-electron chi connectivity index (χ2n) is 5.67. The first kappa shape index (κ1) is 20.7. The molecule has 0 aliphatic rings. The number of nitrogens with zero attached hydrogens (tertiary/aromatic N) is 2. The van der Waals surface area contributed by atoms with Crippen LogP contribution in [0.3, 0.4) is 0 Å². The predicted octanol–water partition coefficient (Wildman–Crippen LogP) is 2.38. The Morgan fingerprint density at radius 2 is 2.00 bits per heavy atom. The zero-order chi connectivity index (χ0) is 19.2. The molecule has 1 rings (SSSR count). The Morgan fingerprint density at radius 1 is 1.36 bits per heavy atom. The lowest BCUT2D eigenvalue weighted by atomic mass is 10.1. The molecule has 1 atom stereocenters. The smallest absolute Gasteiger partial charge is 0.350 e. The third-order valence-corrected chi connectivity index (χ3v) is 3.52.